The summed E-state index contributed by atoms with van der Waals surface area (Å²) in [5, 5.41) is 4.61. The first kappa shape index (κ1) is 16.1. The molecule has 0 spiro atoms. The molecule has 1 fully saturated rings. The summed E-state index contributed by atoms with van der Waals surface area (Å²) >= 11 is 0. The number of nitrogens with zero attached hydrogens (tertiary/aromatic N) is 3. The largest absolute Gasteiger partial charge is 0.379 e. The second kappa shape index (κ2) is 7.70. The van der Waals surface area contributed by atoms with E-state index >= 15 is 0 Å². The first-order valence-corrected chi connectivity index (χ1v) is 8.54. The molecule has 1 N–H and O–H groups in total. The van der Waals surface area contributed by atoms with Crippen LogP contribution in [0.2, 0.25) is 0 Å². The molecule has 5 heteroatoms. The molecule has 1 aliphatic rings. The van der Waals surface area contributed by atoms with E-state index < -0.39 is 0 Å². The summed E-state index contributed by atoms with van der Waals surface area (Å²) in [5.74, 6) is 2.19. The van der Waals surface area contributed by atoms with Crippen LogP contribution in [-0.2, 0) is 4.74 Å². The minimum atomic E-state index is 0.327. The van der Waals surface area contributed by atoms with Crippen LogP contribution in [0.5, 0.6) is 0 Å². The van der Waals surface area contributed by atoms with E-state index in [1.54, 1.807) is 0 Å². The smallest absolute Gasteiger partial charge is 0.137 e. The topological polar surface area (TPSA) is 50.3 Å². The van der Waals surface area contributed by atoms with Gasteiger partial charge in [0.2, 0.25) is 0 Å². The first-order chi connectivity index (χ1) is 11.2. The van der Waals surface area contributed by atoms with Crippen LogP contribution in [0, 0.1) is 0 Å². The molecule has 0 bridgehead atoms. The molecule has 2 heterocycles. The van der Waals surface area contributed by atoms with Gasteiger partial charge in [0.1, 0.15) is 11.6 Å². The molecule has 1 aromatic carbocycles. The minimum Gasteiger partial charge on any atom is -0.379 e. The molecule has 1 saturated heterocycles. The highest BCUT2D eigenvalue weighted by Crippen LogP contribution is 2.22. The second-order valence-corrected chi connectivity index (χ2v) is 6.34. The van der Waals surface area contributed by atoms with Gasteiger partial charge in [-0.1, -0.05) is 26.0 Å². The van der Waals surface area contributed by atoms with Crippen molar-refractivity contribution in [2.45, 2.75) is 26.2 Å². The van der Waals surface area contributed by atoms with Crippen molar-refractivity contribution in [2.75, 3.05) is 44.7 Å². The third kappa shape index (κ3) is 4.18. The highest BCUT2D eigenvalue weighted by atomic mass is 16.5. The van der Waals surface area contributed by atoms with Crippen molar-refractivity contribution in [3.63, 3.8) is 0 Å². The summed E-state index contributed by atoms with van der Waals surface area (Å²) in [5.41, 5.74) is 1.02. The SMILES string of the molecule is CC(C)c1nc(NCCCN2CCOCC2)c2ccccc2n1. The van der Waals surface area contributed by atoms with Crippen LogP contribution >= 0.6 is 0 Å². The summed E-state index contributed by atoms with van der Waals surface area (Å²) < 4.78 is 5.38. The molecule has 1 aromatic heterocycles. The number of anilines is 1. The molecule has 5 nitrogen and oxygen atoms in total. The summed E-state index contributed by atoms with van der Waals surface area (Å²) in [4.78, 5) is 11.9. The Bertz CT molecular complexity index is 638. The fraction of sp³-hybridized carbons (Fsp3) is 0.556. The number of fused-ring (bicyclic) bond motifs is 1. The normalized spacial score (nSPS) is 16.1. The quantitative estimate of drug-likeness (QED) is 0.831. The Morgan fingerprint density at radius 2 is 1.96 bits per heavy atom. The maximum absolute atomic E-state index is 5.38. The Kier molecular flexibility index (Phi) is 5.41. The van der Waals surface area contributed by atoms with Gasteiger partial charge in [-0.05, 0) is 25.1 Å². The van der Waals surface area contributed by atoms with Gasteiger partial charge in [-0.3, -0.25) is 4.90 Å². The van der Waals surface area contributed by atoms with E-state index in [9.17, 15) is 0 Å². The molecular weight excluding hydrogens is 288 g/mol. The molecule has 2 aromatic rings. The third-order valence-electron chi connectivity index (χ3n) is 4.18. The van der Waals surface area contributed by atoms with Crippen LogP contribution in [0.3, 0.4) is 0 Å². The van der Waals surface area contributed by atoms with Gasteiger partial charge in [0, 0.05) is 30.9 Å². The zero-order valence-electron chi connectivity index (χ0n) is 14.1. The molecule has 0 unspecified atom stereocenters. The average Bonchev–Trinajstić information content (AvgIpc) is 2.59. The van der Waals surface area contributed by atoms with E-state index in [4.69, 9.17) is 9.72 Å². The summed E-state index contributed by atoms with van der Waals surface area (Å²) in [6, 6.07) is 8.22. The lowest BCUT2D eigenvalue weighted by molar-refractivity contribution is 0.0378. The van der Waals surface area contributed by atoms with Gasteiger partial charge in [-0.2, -0.15) is 0 Å². The van der Waals surface area contributed by atoms with Crippen LogP contribution in [-0.4, -0.2) is 54.3 Å². The average molecular weight is 314 g/mol. The standard InChI is InChI=1S/C18H26N4O/c1-14(2)17-20-16-7-4-3-6-15(16)18(21-17)19-8-5-9-22-10-12-23-13-11-22/h3-4,6-7,14H,5,8-13H2,1-2H3,(H,19,20,21). The van der Waals surface area contributed by atoms with Gasteiger partial charge >= 0.3 is 0 Å². The Hall–Kier alpha value is -1.72. The molecule has 1 aliphatic heterocycles. The van der Waals surface area contributed by atoms with Gasteiger partial charge in [-0.15, -0.1) is 0 Å². The summed E-state index contributed by atoms with van der Waals surface area (Å²) in [7, 11) is 0. The fourth-order valence-corrected chi connectivity index (χ4v) is 2.82. The lowest BCUT2D eigenvalue weighted by Gasteiger charge is -2.26. The number of morpholine rings is 1. The van der Waals surface area contributed by atoms with Gasteiger partial charge < -0.3 is 10.1 Å². The predicted molar refractivity (Wildman–Crippen MR) is 94.0 cm³/mol. The van der Waals surface area contributed by atoms with Crippen LogP contribution in [0.4, 0.5) is 5.82 Å². The Labute approximate surface area is 138 Å². The van der Waals surface area contributed by atoms with Crippen molar-refractivity contribution in [1.29, 1.82) is 0 Å². The molecule has 3 rings (SSSR count). The van der Waals surface area contributed by atoms with Crippen molar-refractivity contribution in [3.8, 4) is 0 Å². The van der Waals surface area contributed by atoms with Crippen molar-refractivity contribution in [1.82, 2.24) is 14.9 Å². The number of aromatic nitrogens is 2. The van der Waals surface area contributed by atoms with Crippen molar-refractivity contribution < 1.29 is 4.74 Å². The van der Waals surface area contributed by atoms with Crippen molar-refractivity contribution >= 4 is 16.7 Å². The molecule has 23 heavy (non-hydrogen) atoms. The van der Waals surface area contributed by atoms with E-state index in [0.29, 0.717) is 5.92 Å². The summed E-state index contributed by atoms with van der Waals surface area (Å²) in [6.45, 7) is 10.1. The van der Waals surface area contributed by atoms with Gasteiger partial charge in [0.15, 0.2) is 0 Å². The number of ether oxygens (including phenoxy) is 1. The molecule has 124 valence electrons. The highest BCUT2D eigenvalue weighted by Gasteiger charge is 2.11. The van der Waals surface area contributed by atoms with E-state index in [0.717, 1.165) is 68.4 Å². The number of rotatable bonds is 6. The lowest BCUT2D eigenvalue weighted by Crippen LogP contribution is -2.37. The van der Waals surface area contributed by atoms with Gasteiger partial charge in [-0.25, -0.2) is 9.97 Å². The Morgan fingerprint density at radius 1 is 1.17 bits per heavy atom. The van der Waals surface area contributed by atoms with Crippen LogP contribution in [0.15, 0.2) is 24.3 Å². The van der Waals surface area contributed by atoms with Crippen LogP contribution in [0.25, 0.3) is 10.9 Å². The van der Waals surface area contributed by atoms with E-state index in [-0.39, 0.29) is 0 Å². The molecule has 0 amide bonds. The summed E-state index contributed by atoms with van der Waals surface area (Å²) in [6.07, 6.45) is 1.11. The lowest BCUT2D eigenvalue weighted by atomic mass is 10.1. The maximum atomic E-state index is 5.38. The third-order valence-corrected chi connectivity index (χ3v) is 4.18. The zero-order chi connectivity index (χ0) is 16.1. The van der Waals surface area contributed by atoms with E-state index in [1.165, 1.54) is 0 Å². The fourth-order valence-electron chi connectivity index (χ4n) is 2.82. The highest BCUT2D eigenvalue weighted by molar-refractivity contribution is 5.89. The molecular formula is C18H26N4O. The van der Waals surface area contributed by atoms with Gasteiger partial charge in [0.05, 0.1) is 18.7 Å². The van der Waals surface area contributed by atoms with Crippen LogP contribution < -0.4 is 5.32 Å². The van der Waals surface area contributed by atoms with Crippen molar-refractivity contribution in [3.05, 3.63) is 30.1 Å². The second-order valence-electron chi connectivity index (χ2n) is 6.34. The monoisotopic (exact) mass is 314 g/mol. The minimum absolute atomic E-state index is 0.327. The Morgan fingerprint density at radius 3 is 2.74 bits per heavy atom. The van der Waals surface area contributed by atoms with Crippen LogP contribution in [0.1, 0.15) is 32.0 Å². The number of para-hydroxylation sites is 1. The van der Waals surface area contributed by atoms with Crippen molar-refractivity contribution in [2.24, 2.45) is 0 Å². The molecule has 0 radical (unpaired) electrons. The van der Waals surface area contributed by atoms with Gasteiger partial charge in [0.25, 0.3) is 0 Å². The maximum Gasteiger partial charge on any atom is 0.137 e. The molecule has 0 aliphatic carbocycles. The predicted octanol–water partition coefficient (Wildman–Crippen LogP) is 2.89. The number of nitrogens with one attached hydrogen (secondary N) is 1. The Balaban J connectivity index is 1.64. The number of hydrogen-bond donors (Lipinski definition) is 1. The van der Waals surface area contributed by atoms with E-state index in [2.05, 4.69) is 41.2 Å². The number of benzene rings is 1. The van der Waals surface area contributed by atoms with E-state index in [1.807, 2.05) is 12.1 Å². The zero-order valence-corrected chi connectivity index (χ0v) is 14.1. The number of hydrogen-bond acceptors (Lipinski definition) is 5. The first-order valence-electron chi connectivity index (χ1n) is 8.54. The molecule has 0 saturated carbocycles. The molecule has 0 atom stereocenters.